The zero-order chi connectivity index (χ0) is 13.1. The number of pyridine rings is 1. The van der Waals surface area contributed by atoms with E-state index in [0.717, 1.165) is 22.2 Å². The van der Waals surface area contributed by atoms with Crippen LogP contribution in [0.2, 0.25) is 0 Å². The third-order valence-corrected chi connectivity index (χ3v) is 4.69. The van der Waals surface area contributed by atoms with Crippen molar-refractivity contribution in [3.63, 3.8) is 0 Å². The molecule has 0 fully saturated rings. The van der Waals surface area contributed by atoms with Crippen molar-refractivity contribution in [3.05, 3.63) is 41.6 Å². The normalized spacial score (nSPS) is 14.6. The monoisotopic (exact) mass is 262 g/mol. The lowest BCUT2D eigenvalue weighted by molar-refractivity contribution is 0.673. The molecule has 4 heteroatoms. The lowest BCUT2D eigenvalue weighted by Gasteiger charge is -2.11. The second-order valence-corrected chi connectivity index (χ2v) is 6.37. The third-order valence-electron chi connectivity index (χ3n) is 3.01. The summed E-state index contributed by atoms with van der Waals surface area (Å²) >= 11 is 0. The summed E-state index contributed by atoms with van der Waals surface area (Å²) in [6.45, 7) is 4.34. The van der Waals surface area contributed by atoms with Gasteiger partial charge >= 0.3 is 0 Å². The predicted molar refractivity (Wildman–Crippen MR) is 76.8 cm³/mol. The molecule has 0 spiro atoms. The minimum absolute atomic E-state index is 0.0252. The van der Waals surface area contributed by atoms with Gasteiger partial charge in [-0.1, -0.05) is 18.2 Å². The van der Waals surface area contributed by atoms with Gasteiger partial charge in [-0.25, -0.2) is 0 Å². The van der Waals surface area contributed by atoms with Crippen molar-refractivity contribution in [3.8, 4) is 0 Å². The molecule has 0 aliphatic heterocycles. The fourth-order valence-electron chi connectivity index (χ4n) is 1.92. The number of aryl methyl sites for hydroxylation is 1. The van der Waals surface area contributed by atoms with E-state index in [9.17, 15) is 4.21 Å². The first-order valence-electron chi connectivity index (χ1n) is 6.04. The van der Waals surface area contributed by atoms with Crippen molar-refractivity contribution in [2.75, 3.05) is 6.54 Å². The summed E-state index contributed by atoms with van der Waals surface area (Å²) in [4.78, 5) is 4.48. The van der Waals surface area contributed by atoms with Gasteiger partial charge in [0.1, 0.15) is 0 Å². The van der Waals surface area contributed by atoms with E-state index in [0.29, 0.717) is 12.3 Å². The number of aromatic nitrogens is 1. The second kappa shape index (κ2) is 5.59. The number of para-hydroxylation sites is 1. The maximum Gasteiger partial charge on any atom is 0.0708 e. The van der Waals surface area contributed by atoms with E-state index in [-0.39, 0.29) is 5.25 Å². The molecule has 0 bridgehead atoms. The molecule has 0 aliphatic rings. The second-order valence-electron chi connectivity index (χ2n) is 4.51. The Bertz CT molecular complexity index is 583. The Morgan fingerprint density at radius 3 is 2.83 bits per heavy atom. The van der Waals surface area contributed by atoms with Gasteiger partial charge in [-0.2, -0.15) is 0 Å². The summed E-state index contributed by atoms with van der Waals surface area (Å²) in [5, 5.41) is 1.11. The van der Waals surface area contributed by atoms with Gasteiger partial charge in [0.15, 0.2) is 0 Å². The summed E-state index contributed by atoms with van der Waals surface area (Å²) < 4.78 is 12.1. The summed E-state index contributed by atoms with van der Waals surface area (Å²) in [5.41, 5.74) is 8.58. The van der Waals surface area contributed by atoms with Crippen molar-refractivity contribution in [1.29, 1.82) is 0 Å². The predicted octanol–water partition coefficient (Wildman–Crippen LogP) is 2.14. The molecular formula is C14H18N2OS. The molecule has 0 amide bonds. The van der Waals surface area contributed by atoms with Crippen molar-refractivity contribution >= 4 is 21.7 Å². The van der Waals surface area contributed by atoms with Gasteiger partial charge in [0.25, 0.3) is 0 Å². The molecule has 1 aromatic heterocycles. The number of nitrogens with zero attached hydrogens (tertiary/aromatic N) is 1. The standard InChI is InChI=1S/C14H18N2OS/c1-10-7-12(9-18(17)11(2)8-15)13-5-3-4-6-14(13)16-10/h3-7,11H,8-9,15H2,1-2H3. The summed E-state index contributed by atoms with van der Waals surface area (Å²) in [6, 6.07) is 9.99. The van der Waals surface area contributed by atoms with Crippen LogP contribution in [0.4, 0.5) is 0 Å². The molecule has 3 nitrogen and oxygen atoms in total. The molecular weight excluding hydrogens is 244 g/mol. The fourth-order valence-corrected chi connectivity index (χ4v) is 2.96. The molecule has 96 valence electrons. The molecule has 2 N–H and O–H groups in total. The highest BCUT2D eigenvalue weighted by Crippen LogP contribution is 2.20. The van der Waals surface area contributed by atoms with E-state index in [1.165, 1.54) is 0 Å². The highest BCUT2D eigenvalue weighted by molar-refractivity contribution is 7.84. The van der Waals surface area contributed by atoms with Crippen LogP contribution in [0.15, 0.2) is 30.3 Å². The highest BCUT2D eigenvalue weighted by atomic mass is 32.2. The topological polar surface area (TPSA) is 56.0 Å². The number of hydrogen-bond acceptors (Lipinski definition) is 3. The van der Waals surface area contributed by atoms with Crippen LogP contribution in [0.3, 0.4) is 0 Å². The number of rotatable bonds is 4. The first-order chi connectivity index (χ1) is 8.61. The van der Waals surface area contributed by atoms with Gasteiger partial charge in [-0.05, 0) is 31.5 Å². The zero-order valence-electron chi connectivity index (χ0n) is 10.7. The zero-order valence-corrected chi connectivity index (χ0v) is 11.5. The molecule has 0 aliphatic carbocycles. The minimum Gasteiger partial charge on any atom is -0.329 e. The average molecular weight is 262 g/mol. The van der Waals surface area contributed by atoms with Gasteiger partial charge in [0.05, 0.1) is 5.52 Å². The maximum absolute atomic E-state index is 12.1. The van der Waals surface area contributed by atoms with E-state index in [1.807, 2.05) is 44.2 Å². The van der Waals surface area contributed by atoms with Crippen LogP contribution < -0.4 is 5.73 Å². The molecule has 18 heavy (non-hydrogen) atoms. The lowest BCUT2D eigenvalue weighted by atomic mass is 10.1. The van der Waals surface area contributed by atoms with E-state index in [1.54, 1.807) is 0 Å². The Balaban J connectivity index is 2.41. The van der Waals surface area contributed by atoms with Gasteiger partial charge in [-0.15, -0.1) is 0 Å². The van der Waals surface area contributed by atoms with E-state index in [2.05, 4.69) is 4.98 Å². The van der Waals surface area contributed by atoms with Gasteiger partial charge in [-0.3, -0.25) is 9.19 Å². The molecule has 0 saturated carbocycles. The first-order valence-corrected chi connectivity index (χ1v) is 7.42. The average Bonchev–Trinajstić information content (AvgIpc) is 2.37. The lowest BCUT2D eigenvalue weighted by Crippen LogP contribution is -2.22. The molecule has 2 aromatic rings. The molecule has 2 unspecified atom stereocenters. The third kappa shape index (κ3) is 2.76. The van der Waals surface area contributed by atoms with Gasteiger partial charge in [0, 0.05) is 39.4 Å². The largest absolute Gasteiger partial charge is 0.329 e. The van der Waals surface area contributed by atoms with Gasteiger partial charge in [0.2, 0.25) is 0 Å². The molecule has 2 atom stereocenters. The Morgan fingerprint density at radius 2 is 2.11 bits per heavy atom. The van der Waals surface area contributed by atoms with Crippen LogP contribution in [0, 0.1) is 6.92 Å². The Hall–Kier alpha value is -1.26. The van der Waals surface area contributed by atoms with Crippen molar-refractivity contribution in [2.45, 2.75) is 24.9 Å². The molecule has 1 aromatic carbocycles. The maximum atomic E-state index is 12.1. The number of benzene rings is 1. The Labute approximate surface area is 110 Å². The Kier molecular flexibility index (Phi) is 4.09. The van der Waals surface area contributed by atoms with Crippen LogP contribution in [-0.4, -0.2) is 21.0 Å². The SMILES string of the molecule is Cc1cc(CS(=O)C(C)CN)c2ccccc2n1. The van der Waals surface area contributed by atoms with Crippen LogP contribution in [0.1, 0.15) is 18.2 Å². The fraction of sp³-hybridized carbons (Fsp3) is 0.357. The number of nitrogens with two attached hydrogens (primary N) is 1. The van der Waals surface area contributed by atoms with Crippen LogP contribution >= 0.6 is 0 Å². The van der Waals surface area contributed by atoms with Crippen molar-refractivity contribution in [2.24, 2.45) is 5.73 Å². The summed E-state index contributed by atoms with van der Waals surface area (Å²) in [7, 11) is -0.933. The quantitative estimate of drug-likeness (QED) is 0.918. The number of fused-ring (bicyclic) bond motifs is 1. The minimum atomic E-state index is -0.933. The number of hydrogen-bond donors (Lipinski definition) is 1. The van der Waals surface area contributed by atoms with Gasteiger partial charge < -0.3 is 5.73 Å². The summed E-state index contributed by atoms with van der Waals surface area (Å²) in [5.74, 6) is 0.544. The van der Waals surface area contributed by atoms with Crippen LogP contribution in [0.5, 0.6) is 0 Å². The van der Waals surface area contributed by atoms with Crippen LogP contribution in [-0.2, 0) is 16.6 Å². The molecule has 2 rings (SSSR count). The summed E-state index contributed by atoms with van der Waals surface area (Å²) in [6.07, 6.45) is 0. The van der Waals surface area contributed by atoms with Crippen molar-refractivity contribution < 1.29 is 4.21 Å². The Morgan fingerprint density at radius 1 is 1.39 bits per heavy atom. The van der Waals surface area contributed by atoms with Crippen LogP contribution in [0.25, 0.3) is 10.9 Å². The van der Waals surface area contributed by atoms with E-state index < -0.39 is 10.8 Å². The first kappa shape index (κ1) is 13.2. The van der Waals surface area contributed by atoms with E-state index >= 15 is 0 Å². The highest BCUT2D eigenvalue weighted by Gasteiger charge is 2.12. The smallest absolute Gasteiger partial charge is 0.0708 e. The molecule has 0 radical (unpaired) electrons. The van der Waals surface area contributed by atoms with Crippen molar-refractivity contribution in [1.82, 2.24) is 4.98 Å². The molecule has 0 saturated heterocycles. The van der Waals surface area contributed by atoms with E-state index in [4.69, 9.17) is 5.73 Å². The molecule has 1 heterocycles.